The van der Waals surface area contributed by atoms with Crippen LogP contribution in [0.1, 0.15) is 43.4 Å². The van der Waals surface area contributed by atoms with Gasteiger partial charge in [-0.2, -0.15) is 0 Å². The second-order valence-corrected chi connectivity index (χ2v) is 7.14. The van der Waals surface area contributed by atoms with Crippen molar-refractivity contribution in [1.82, 2.24) is 15.0 Å². The number of rotatable bonds is 4. The van der Waals surface area contributed by atoms with Crippen LogP contribution in [0.5, 0.6) is 0 Å². The van der Waals surface area contributed by atoms with Crippen molar-refractivity contribution >= 4 is 0 Å². The van der Waals surface area contributed by atoms with Gasteiger partial charge >= 0.3 is 0 Å². The van der Waals surface area contributed by atoms with Gasteiger partial charge in [0, 0.05) is 26.1 Å². The maximum atomic E-state index is 5.93. The van der Waals surface area contributed by atoms with Gasteiger partial charge in [-0.15, -0.1) is 5.10 Å². The van der Waals surface area contributed by atoms with E-state index in [1.165, 1.54) is 5.56 Å². The van der Waals surface area contributed by atoms with Crippen LogP contribution < -0.4 is 0 Å². The monoisotopic (exact) mass is 327 g/mol. The summed E-state index contributed by atoms with van der Waals surface area (Å²) in [6, 6.07) is 10.9. The highest BCUT2D eigenvalue weighted by Crippen LogP contribution is 2.48. The molecular weight excluding hydrogens is 302 g/mol. The van der Waals surface area contributed by atoms with Crippen LogP contribution in [0.15, 0.2) is 36.5 Å². The Hall–Kier alpha value is -1.72. The van der Waals surface area contributed by atoms with Gasteiger partial charge in [-0.1, -0.05) is 35.5 Å². The molecule has 24 heavy (non-hydrogen) atoms. The Bertz CT molecular complexity index is 667. The number of benzene rings is 1. The summed E-state index contributed by atoms with van der Waals surface area (Å²) in [6.45, 7) is 1.47. The summed E-state index contributed by atoms with van der Waals surface area (Å²) in [7, 11) is 1.92. The van der Waals surface area contributed by atoms with Crippen molar-refractivity contribution in [1.29, 1.82) is 0 Å². The van der Waals surface area contributed by atoms with E-state index in [9.17, 15) is 0 Å². The highest BCUT2D eigenvalue weighted by atomic mass is 16.7. The Morgan fingerprint density at radius 3 is 2.38 bits per heavy atom. The van der Waals surface area contributed by atoms with E-state index in [-0.39, 0.29) is 11.2 Å². The Balaban J connectivity index is 1.54. The third-order valence-corrected chi connectivity index (χ3v) is 5.68. The Labute approximate surface area is 143 Å². The third kappa shape index (κ3) is 2.98. The van der Waals surface area contributed by atoms with Gasteiger partial charge in [0.1, 0.15) is 0 Å². The van der Waals surface area contributed by atoms with Crippen LogP contribution in [0.25, 0.3) is 0 Å². The predicted octanol–water partition coefficient (Wildman–Crippen LogP) is 3.00. The zero-order valence-electron chi connectivity index (χ0n) is 14.3. The maximum Gasteiger partial charge on any atom is 0.168 e. The third-order valence-electron chi connectivity index (χ3n) is 5.68. The van der Waals surface area contributed by atoms with Gasteiger partial charge in [0.05, 0.1) is 18.9 Å². The molecule has 0 atom stereocenters. The molecule has 2 aliphatic rings. The van der Waals surface area contributed by atoms with Gasteiger partial charge in [-0.05, 0) is 36.7 Å². The standard InChI is InChI=1S/C19H25N3O2/c1-22-15-17(20-21-22)7-8-18(16-5-3-2-4-6-16)9-11-19(12-10-18)23-13-14-24-19/h2-6,15H,7-14H2,1H3. The van der Waals surface area contributed by atoms with E-state index in [1.54, 1.807) is 4.68 Å². The zero-order chi connectivity index (χ0) is 16.5. The minimum atomic E-state index is -0.315. The molecule has 1 spiro atoms. The SMILES string of the molecule is Cn1cc(CCC2(c3ccccc3)CCC3(CC2)OCCO3)nn1. The molecule has 0 radical (unpaired) electrons. The van der Waals surface area contributed by atoms with Crippen LogP contribution in [0.2, 0.25) is 0 Å². The van der Waals surface area contributed by atoms with Crippen LogP contribution >= 0.6 is 0 Å². The van der Waals surface area contributed by atoms with E-state index in [1.807, 2.05) is 13.2 Å². The normalized spacial score (nSPS) is 22.0. The quantitative estimate of drug-likeness (QED) is 0.866. The molecule has 5 heteroatoms. The van der Waals surface area contributed by atoms with Gasteiger partial charge in [0.25, 0.3) is 0 Å². The van der Waals surface area contributed by atoms with E-state index in [2.05, 4.69) is 40.6 Å². The lowest BCUT2D eigenvalue weighted by atomic mass is 9.65. The second-order valence-electron chi connectivity index (χ2n) is 7.14. The summed E-state index contributed by atoms with van der Waals surface area (Å²) in [4.78, 5) is 0. The maximum absolute atomic E-state index is 5.93. The van der Waals surface area contributed by atoms with Crippen LogP contribution in [-0.4, -0.2) is 34.0 Å². The summed E-state index contributed by atoms with van der Waals surface area (Å²) in [6.07, 6.45) is 8.20. The number of nitrogens with zero attached hydrogens (tertiary/aromatic N) is 3. The molecule has 1 saturated heterocycles. The first-order valence-electron chi connectivity index (χ1n) is 8.89. The van der Waals surface area contributed by atoms with E-state index in [0.29, 0.717) is 0 Å². The molecule has 0 unspecified atom stereocenters. The molecule has 1 aromatic heterocycles. The fraction of sp³-hybridized carbons (Fsp3) is 0.579. The molecule has 4 rings (SSSR count). The molecule has 5 nitrogen and oxygen atoms in total. The summed E-state index contributed by atoms with van der Waals surface area (Å²) in [5, 5.41) is 8.32. The molecule has 0 amide bonds. The van der Waals surface area contributed by atoms with Crippen molar-refractivity contribution in [3.05, 3.63) is 47.8 Å². The summed E-state index contributed by atoms with van der Waals surface area (Å²) in [5.41, 5.74) is 2.68. The lowest BCUT2D eigenvalue weighted by Crippen LogP contribution is -2.42. The molecule has 1 aliphatic heterocycles. The minimum Gasteiger partial charge on any atom is -0.348 e. The molecule has 2 heterocycles. The average molecular weight is 327 g/mol. The highest BCUT2D eigenvalue weighted by molar-refractivity contribution is 5.27. The first kappa shape index (κ1) is 15.8. The number of hydrogen-bond acceptors (Lipinski definition) is 4. The van der Waals surface area contributed by atoms with Crippen molar-refractivity contribution in [2.75, 3.05) is 13.2 Å². The van der Waals surface area contributed by atoms with E-state index in [0.717, 1.165) is 57.4 Å². The fourth-order valence-electron chi connectivity index (χ4n) is 4.25. The molecule has 128 valence electrons. The van der Waals surface area contributed by atoms with Gasteiger partial charge < -0.3 is 9.47 Å². The molecule has 1 saturated carbocycles. The van der Waals surface area contributed by atoms with Gasteiger partial charge in [-0.25, -0.2) is 0 Å². The largest absolute Gasteiger partial charge is 0.348 e. The van der Waals surface area contributed by atoms with E-state index >= 15 is 0 Å². The molecule has 1 aromatic carbocycles. The fourth-order valence-corrected chi connectivity index (χ4v) is 4.25. The first-order chi connectivity index (χ1) is 11.7. The van der Waals surface area contributed by atoms with Crippen LogP contribution in [0, 0.1) is 0 Å². The second kappa shape index (κ2) is 6.30. The topological polar surface area (TPSA) is 49.2 Å². The molecule has 2 aromatic rings. The molecule has 1 aliphatic carbocycles. The Morgan fingerprint density at radius 2 is 1.75 bits per heavy atom. The van der Waals surface area contributed by atoms with Gasteiger partial charge in [-0.3, -0.25) is 4.68 Å². The van der Waals surface area contributed by atoms with Crippen molar-refractivity contribution in [2.45, 2.75) is 49.7 Å². The van der Waals surface area contributed by atoms with Crippen molar-refractivity contribution in [3.8, 4) is 0 Å². The molecular formula is C19H25N3O2. The van der Waals surface area contributed by atoms with Gasteiger partial charge in [0.2, 0.25) is 0 Å². The first-order valence-corrected chi connectivity index (χ1v) is 8.89. The molecule has 0 N–H and O–H groups in total. The van der Waals surface area contributed by atoms with E-state index < -0.39 is 0 Å². The number of ether oxygens (including phenoxy) is 2. The Kier molecular flexibility index (Phi) is 4.14. The average Bonchev–Trinajstić information content (AvgIpc) is 3.25. The summed E-state index contributed by atoms with van der Waals surface area (Å²) in [5.74, 6) is -0.315. The van der Waals surface area contributed by atoms with Crippen LogP contribution in [-0.2, 0) is 28.4 Å². The summed E-state index contributed by atoms with van der Waals surface area (Å²) >= 11 is 0. The van der Waals surface area contributed by atoms with Crippen LogP contribution in [0.4, 0.5) is 0 Å². The van der Waals surface area contributed by atoms with Crippen molar-refractivity contribution < 1.29 is 9.47 Å². The van der Waals surface area contributed by atoms with Gasteiger partial charge in [0.15, 0.2) is 5.79 Å². The highest BCUT2D eigenvalue weighted by Gasteiger charge is 2.46. The lowest BCUT2D eigenvalue weighted by Gasteiger charge is -2.44. The lowest BCUT2D eigenvalue weighted by molar-refractivity contribution is -0.185. The molecule has 0 bridgehead atoms. The number of aromatic nitrogens is 3. The van der Waals surface area contributed by atoms with Crippen molar-refractivity contribution in [3.63, 3.8) is 0 Å². The van der Waals surface area contributed by atoms with Crippen molar-refractivity contribution in [2.24, 2.45) is 7.05 Å². The summed E-state index contributed by atoms with van der Waals surface area (Å²) < 4.78 is 13.6. The van der Waals surface area contributed by atoms with E-state index in [4.69, 9.17) is 9.47 Å². The minimum absolute atomic E-state index is 0.180. The Morgan fingerprint density at radius 1 is 1.04 bits per heavy atom. The molecule has 2 fully saturated rings. The predicted molar refractivity (Wildman–Crippen MR) is 90.5 cm³/mol. The van der Waals surface area contributed by atoms with Crippen LogP contribution in [0.3, 0.4) is 0 Å². The number of aryl methyl sites for hydroxylation is 2. The smallest absolute Gasteiger partial charge is 0.168 e. The number of hydrogen-bond donors (Lipinski definition) is 0. The zero-order valence-corrected chi connectivity index (χ0v) is 14.3.